The Morgan fingerprint density at radius 3 is 2.58 bits per heavy atom. The van der Waals surface area contributed by atoms with Gasteiger partial charge >= 0.3 is 12.0 Å². The molecule has 0 atom stereocenters. The molecule has 0 bridgehead atoms. The predicted molar refractivity (Wildman–Crippen MR) is 68.7 cm³/mol. The fourth-order valence-corrected chi connectivity index (χ4v) is 1.29. The number of carbonyl (C=O) groups is 3. The van der Waals surface area contributed by atoms with E-state index in [-0.39, 0.29) is 19.3 Å². The number of ether oxygens (including phenoxy) is 1. The van der Waals surface area contributed by atoms with Crippen molar-refractivity contribution in [3.05, 3.63) is 12.7 Å². The zero-order valence-electron chi connectivity index (χ0n) is 11.1. The minimum Gasteiger partial charge on any atom is -0.481 e. The van der Waals surface area contributed by atoms with Crippen LogP contribution in [0.5, 0.6) is 0 Å². The highest BCUT2D eigenvalue weighted by atomic mass is 16.5. The number of carbonyl (C=O) groups excluding carboxylic acids is 2. The number of amides is 3. The second kappa shape index (κ2) is 10.1. The highest BCUT2D eigenvalue weighted by molar-refractivity contribution is 5.94. The first kappa shape index (κ1) is 17.1. The van der Waals surface area contributed by atoms with Crippen molar-refractivity contribution in [3.63, 3.8) is 0 Å². The lowest BCUT2D eigenvalue weighted by atomic mass is 10.2. The lowest BCUT2D eigenvalue weighted by molar-refractivity contribution is -0.137. The van der Waals surface area contributed by atoms with Crippen LogP contribution in [0.2, 0.25) is 0 Å². The van der Waals surface area contributed by atoms with Gasteiger partial charge in [0.05, 0.1) is 6.61 Å². The molecule has 0 aromatic carbocycles. The average molecular weight is 272 g/mol. The van der Waals surface area contributed by atoms with Gasteiger partial charge in [0.15, 0.2) is 0 Å². The standard InChI is InChI=1S/C12H20N2O5/c1-3-7-14(8-9-19-2)12(18)13-10(15)5-4-6-11(16)17/h3H,1,4-9H2,2H3,(H,16,17)(H,13,15,18). The summed E-state index contributed by atoms with van der Waals surface area (Å²) in [6, 6.07) is -0.530. The molecule has 0 aromatic heterocycles. The van der Waals surface area contributed by atoms with Crippen LogP contribution in [0.15, 0.2) is 12.7 Å². The summed E-state index contributed by atoms with van der Waals surface area (Å²) in [5, 5.41) is 10.6. The van der Waals surface area contributed by atoms with Crippen LogP contribution in [-0.4, -0.2) is 54.7 Å². The van der Waals surface area contributed by atoms with Crippen LogP contribution < -0.4 is 5.32 Å². The summed E-state index contributed by atoms with van der Waals surface area (Å²) in [6.45, 7) is 4.53. The monoisotopic (exact) mass is 272 g/mol. The SMILES string of the molecule is C=CCN(CCOC)C(=O)NC(=O)CCCC(=O)O. The smallest absolute Gasteiger partial charge is 0.324 e. The van der Waals surface area contributed by atoms with Gasteiger partial charge in [0, 0.05) is 33.0 Å². The van der Waals surface area contributed by atoms with Crippen LogP contribution in [-0.2, 0) is 14.3 Å². The molecule has 7 heteroatoms. The molecule has 0 heterocycles. The van der Waals surface area contributed by atoms with E-state index < -0.39 is 17.9 Å². The Morgan fingerprint density at radius 2 is 2.05 bits per heavy atom. The van der Waals surface area contributed by atoms with Crippen molar-refractivity contribution in [1.29, 1.82) is 0 Å². The molecule has 19 heavy (non-hydrogen) atoms. The number of carboxylic acid groups (broad SMARTS) is 1. The first-order valence-electron chi connectivity index (χ1n) is 5.91. The van der Waals surface area contributed by atoms with Crippen LogP contribution in [0.3, 0.4) is 0 Å². The fraction of sp³-hybridized carbons (Fsp3) is 0.583. The van der Waals surface area contributed by atoms with Crippen molar-refractivity contribution in [2.75, 3.05) is 26.8 Å². The van der Waals surface area contributed by atoms with Gasteiger partial charge < -0.3 is 14.7 Å². The maximum Gasteiger partial charge on any atom is 0.324 e. The van der Waals surface area contributed by atoms with Crippen LogP contribution >= 0.6 is 0 Å². The molecule has 108 valence electrons. The topological polar surface area (TPSA) is 95.9 Å². The normalized spacial score (nSPS) is 9.74. The first-order chi connectivity index (χ1) is 9.01. The number of hydrogen-bond donors (Lipinski definition) is 2. The molecule has 0 aliphatic rings. The number of nitrogens with zero attached hydrogens (tertiary/aromatic N) is 1. The molecule has 0 aromatic rings. The van der Waals surface area contributed by atoms with Crippen molar-refractivity contribution in [2.24, 2.45) is 0 Å². The van der Waals surface area contributed by atoms with Crippen molar-refractivity contribution >= 4 is 17.9 Å². The van der Waals surface area contributed by atoms with E-state index in [1.165, 1.54) is 12.0 Å². The Bertz CT molecular complexity index is 330. The Labute approximate surface area is 112 Å². The molecular formula is C12H20N2O5. The van der Waals surface area contributed by atoms with Gasteiger partial charge in [-0.15, -0.1) is 6.58 Å². The number of carboxylic acids is 1. The summed E-state index contributed by atoms with van der Waals surface area (Å²) in [5.74, 6) is -1.45. The molecule has 0 radical (unpaired) electrons. The minimum atomic E-state index is -0.965. The van der Waals surface area contributed by atoms with Crippen LogP contribution in [0.4, 0.5) is 4.79 Å². The number of imide groups is 1. The van der Waals surface area contributed by atoms with Gasteiger partial charge in [0.25, 0.3) is 0 Å². The van der Waals surface area contributed by atoms with Crippen molar-refractivity contribution in [1.82, 2.24) is 10.2 Å². The highest BCUT2D eigenvalue weighted by Crippen LogP contribution is 1.97. The van der Waals surface area contributed by atoms with E-state index in [0.29, 0.717) is 19.7 Å². The molecule has 2 N–H and O–H groups in total. The molecule has 0 aliphatic carbocycles. The van der Waals surface area contributed by atoms with E-state index >= 15 is 0 Å². The zero-order valence-corrected chi connectivity index (χ0v) is 11.1. The Balaban J connectivity index is 4.11. The van der Waals surface area contributed by atoms with Gasteiger partial charge in [-0.25, -0.2) is 4.79 Å². The average Bonchev–Trinajstić information content (AvgIpc) is 2.33. The van der Waals surface area contributed by atoms with E-state index in [1.807, 2.05) is 0 Å². The minimum absolute atomic E-state index is 0.00421. The Hall–Kier alpha value is -1.89. The van der Waals surface area contributed by atoms with Crippen molar-refractivity contribution in [2.45, 2.75) is 19.3 Å². The Kier molecular flexibility index (Phi) is 9.07. The summed E-state index contributed by atoms with van der Waals surface area (Å²) < 4.78 is 4.86. The maximum atomic E-state index is 11.7. The van der Waals surface area contributed by atoms with Gasteiger partial charge in [-0.05, 0) is 6.42 Å². The summed E-state index contributed by atoms with van der Waals surface area (Å²) >= 11 is 0. The number of nitrogens with one attached hydrogen (secondary N) is 1. The van der Waals surface area contributed by atoms with Crippen LogP contribution in [0.1, 0.15) is 19.3 Å². The number of methoxy groups -OCH3 is 1. The quantitative estimate of drug-likeness (QED) is 0.600. The Morgan fingerprint density at radius 1 is 1.37 bits per heavy atom. The largest absolute Gasteiger partial charge is 0.481 e. The number of rotatable bonds is 9. The third-order valence-corrected chi connectivity index (χ3v) is 2.24. The summed E-state index contributed by atoms with van der Waals surface area (Å²) in [7, 11) is 1.51. The summed E-state index contributed by atoms with van der Waals surface area (Å²) in [5.41, 5.74) is 0. The molecule has 7 nitrogen and oxygen atoms in total. The van der Waals surface area contributed by atoms with Gasteiger partial charge in [0.2, 0.25) is 5.91 Å². The van der Waals surface area contributed by atoms with Crippen LogP contribution in [0.25, 0.3) is 0 Å². The van der Waals surface area contributed by atoms with E-state index in [0.717, 1.165) is 0 Å². The van der Waals surface area contributed by atoms with Crippen molar-refractivity contribution < 1.29 is 24.2 Å². The molecule has 0 aliphatic heterocycles. The summed E-state index contributed by atoms with van der Waals surface area (Å²) in [6.07, 6.45) is 1.66. The van der Waals surface area contributed by atoms with E-state index in [1.54, 1.807) is 6.08 Å². The van der Waals surface area contributed by atoms with E-state index in [2.05, 4.69) is 11.9 Å². The predicted octanol–water partition coefficient (Wildman–Crippen LogP) is 0.612. The number of aliphatic carboxylic acids is 1. The molecule has 0 spiro atoms. The van der Waals surface area contributed by atoms with Crippen molar-refractivity contribution in [3.8, 4) is 0 Å². The lowest BCUT2D eigenvalue weighted by Gasteiger charge is -2.20. The fourth-order valence-electron chi connectivity index (χ4n) is 1.29. The molecule has 0 saturated carbocycles. The molecular weight excluding hydrogens is 252 g/mol. The highest BCUT2D eigenvalue weighted by Gasteiger charge is 2.14. The first-order valence-corrected chi connectivity index (χ1v) is 5.91. The zero-order chi connectivity index (χ0) is 14.7. The van der Waals surface area contributed by atoms with E-state index in [9.17, 15) is 14.4 Å². The third-order valence-electron chi connectivity index (χ3n) is 2.24. The number of hydrogen-bond acceptors (Lipinski definition) is 4. The lowest BCUT2D eigenvalue weighted by Crippen LogP contribution is -2.44. The molecule has 0 fully saturated rings. The van der Waals surface area contributed by atoms with E-state index in [4.69, 9.17) is 9.84 Å². The molecule has 3 amide bonds. The van der Waals surface area contributed by atoms with Gasteiger partial charge in [-0.2, -0.15) is 0 Å². The summed E-state index contributed by atoms with van der Waals surface area (Å²) in [4.78, 5) is 34.8. The maximum absolute atomic E-state index is 11.7. The molecule has 0 rings (SSSR count). The van der Waals surface area contributed by atoms with Crippen LogP contribution in [0, 0.1) is 0 Å². The van der Waals surface area contributed by atoms with Gasteiger partial charge in [-0.1, -0.05) is 6.08 Å². The van der Waals surface area contributed by atoms with Gasteiger partial charge in [0.1, 0.15) is 0 Å². The third kappa shape index (κ3) is 8.78. The van der Waals surface area contributed by atoms with Gasteiger partial charge in [-0.3, -0.25) is 14.9 Å². The molecule has 0 unspecified atom stereocenters. The second-order valence-electron chi connectivity index (χ2n) is 3.83. The number of urea groups is 1. The molecule has 0 saturated heterocycles. The second-order valence-corrected chi connectivity index (χ2v) is 3.83.